The zero-order valence-corrected chi connectivity index (χ0v) is 12.6. The predicted octanol–water partition coefficient (Wildman–Crippen LogP) is 1.77. The lowest BCUT2D eigenvalue weighted by molar-refractivity contribution is -0.146. The number of hydrogen-bond donors (Lipinski definition) is 1. The van der Waals surface area contributed by atoms with Gasteiger partial charge in [0.2, 0.25) is 0 Å². The molecule has 0 aromatic heterocycles. The summed E-state index contributed by atoms with van der Waals surface area (Å²) in [6.07, 6.45) is 0.482. The highest BCUT2D eigenvalue weighted by molar-refractivity contribution is 9.10. The van der Waals surface area contributed by atoms with Crippen LogP contribution in [0.3, 0.4) is 0 Å². The number of rotatable bonds is 4. The van der Waals surface area contributed by atoms with Crippen LogP contribution < -0.4 is 9.47 Å². The fraction of sp³-hybridized carbons (Fsp3) is 0.385. The molecule has 1 N–H and O–H groups in total. The van der Waals surface area contributed by atoms with Gasteiger partial charge in [-0.1, -0.05) is 0 Å². The molecule has 0 radical (unpaired) electrons. The molecule has 1 atom stereocenters. The van der Waals surface area contributed by atoms with Crippen molar-refractivity contribution in [2.45, 2.75) is 12.5 Å². The molecule has 1 unspecified atom stereocenters. The molecule has 1 fully saturated rings. The molecule has 1 aliphatic rings. The zero-order valence-electron chi connectivity index (χ0n) is 11.1. The van der Waals surface area contributed by atoms with Gasteiger partial charge in [0.1, 0.15) is 6.04 Å². The Balaban J connectivity index is 2.31. The lowest BCUT2D eigenvalue weighted by Crippen LogP contribution is -2.55. The first-order chi connectivity index (χ1) is 9.49. The number of ether oxygens (including phenoxy) is 2. The molecular formula is C13H14BrNO5. The molecule has 1 aromatic rings. The molecule has 1 amide bonds. The number of nitrogens with zero attached hydrogens (tertiary/aromatic N) is 1. The van der Waals surface area contributed by atoms with Gasteiger partial charge < -0.3 is 19.5 Å². The summed E-state index contributed by atoms with van der Waals surface area (Å²) >= 11 is 3.31. The first kappa shape index (κ1) is 14.6. The molecule has 1 aliphatic heterocycles. The summed E-state index contributed by atoms with van der Waals surface area (Å²) < 4.78 is 10.9. The van der Waals surface area contributed by atoms with Crippen LogP contribution >= 0.6 is 15.9 Å². The van der Waals surface area contributed by atoms with E-state index in [-0.39, 0.29) is 5.91 Å². The highest BCUT2D eigenvalue weighted by Crippen LogP contribution is 2.37. The Kier molecular flexibility index (Phi) is 4.17. The normalized spacial score (nSPS) is 17.4. The minimum atomic E-state index is -0.982. The van der Waals surface area contributed by atoms with E-state index in [4.69, 9.17) is 14.6 Å². The summed E-state index contributed by atoms with van der Waals surface area (Å²) in [4.78, 5) is 24.6. The van der Waals surface area contributed by atoms with Gasteiger partial charge in [-0.2, -0.15) is 0 Å². The Hall–Kier alpha value is -1.76. The molecule has 6 nitrogen and oxygen atoms in total. The van der Waals surface area contributed by atoms with Gasteiger partial charge in [-0.3, -0.25) is 4.79 Å². The molecular weight excluding hydrogens is 330 g/mol. The number of halogens is 1. The number of amides is 1. The second kappa shape index (κ2) is 5.70. The molecule has 20 heavy (non-hydrogen) atoms. The first-order valence-corrected chi connectivity index (χ1v) is 6.74. The number of carboxylic acid groups (broad SMARTS) is 1. The number of carbonyl (C=O) groups excluding carboxylic acids is 1. The Morgan fingerprint density at radius 3 is 2.50 bits per heavy atom. The van der Waals surface area contributed by atoms with Crippen molar-refractivity contribution in [3.8, 4) is 11.5 Å². The maximum absolute atomic E-state index is 12.3. The van der Waals surface area contributed by atoms with Crippen LogP contribution in [0.5, 0.6) is 11.5 Å². The van der Waals surface area contributed by atoms with Crippen molar-refractivity contribution in [3.63, 3.8) is 0 Å². The monoisotopic (exact) mass is 343 g/mol. The Morgan fingerprint density at radius 2 is 2.05 bits per heavy atom. The molecule has 1 heterocycles. The number of benzene rings is 1. The van der Waals surface area contributed by atoms with Gasteiger partial charge in [0.25, 0.3) is 5.91 Å². The van der Waals surface area contributed by atoms with Gasteiger partial charge in [-0.25, -0.2) is 4.79 Å². The standard InChI is InChI=1S/C13H14BrNO5/c1-19-10-6-7(5-8(14)11(10)20-2)12(16)15-4-3-9(15)13(17)18/h5-6,9H,3-4H2,1-2H3,(H,17,18). The van der Waals surface area contributed by atoms with Crippen LogP contribution in [-0.2, 0) is 4.79 Å². The third-order valence-corrected chi connectivity index (χ3v) is 3.84. The smallest absolute Gasteiger partial charge is 0.326 e. The van der Waals surface area contributed by atoms with E-state index in [1.807, 2.05) is 0 Å². The minimum absolute atomic E-state index is 0.328. The quantitative estimate of drug-likeness (QED) is 0.901. The summed E-state index contributed by atoms with van der Waals surface area (Å²) in [6, 6.07) is 2.40. The molecule has 0 bridgehead atoms. The maximum atomic E-state index is 12.3. The van der Waals surface area contributed by atoms with Gasteiger partial charge >= 0.3 is 5.97 Å². The van der Waals surface area contributed by atoms with Gasteiger partial charge in [-0.15, -0.1) is 0 Å². The molecule has 2 rings (SSSR count). The van der Waals surface area contributed by atoms with Crippen molar-refractivity contribution >= 4 is 27.8 Å². The molecule has 7 heteroatoms. The molecule has 108 valence electrons. The van der Waals surface area contributed by atoms with Crippen LogP contribution in [0.4, 0.5) is 0 Å². The van der Waals surface area contributed by atoms with Gasteiger partial charge in [-0.05, 0) is 34.5 Å². The van der Waals surface area contributed by atoms with Crippen molar-refractivity contribution in [1.29, 1.82) is 0 Å². The van der Waals surface area contributed by atoms with Gasteiger partial charge in [0, 0.05) is 12.1 Å². The number of carboxylic acids is 1. The number of aliphatic carboxylic acids is 1. The van der Waals surface area contributed by atoms with E-state index in [9.17, 15) is 9.59 Å². The van der Waals surface area contributed by atoms with Crippen LogP contribution in [-0.4, -0.2) is 48.7 Å². The van der Waals surface area contributed by atoms with Crippen LogP contribution in [0.25, 0.3) is 0 Å². The third kappa shape index (κ3) is 2.45. The topological polar surface area (TPSA) is 76.1 Å². The fourth-order valence-corrected chi connectivity index (χ4v) is 2.70. The minimum Gasteiger partial charge on any atom is -0.493 e. The van der Waals surface area contributed by atoms with Gasteiger partial charge in [0.05, 0.1) is 18.7 Å². The highest BCUT2D eigenvalue weighted by Gasteiger charge is 2.38. The van der Waals surface area contributed by atoms with E-state index in [1.54, 1.807) is 12.1 Å². The molecule has 1 aromatic carbocycles. The second-order valence-corrected chi connectivity index (χ2v) is 5.19. The molecule has 0 spiro atoms. The lowest BCUT2D eigenvalue weighted by Gasteiger charge is -2.38. The Labute approximate surface area is 124 Å². The summed E-state index contributed by atoms with van der Waals surface area (Å²) in [7, 11) is 2.97. The molecule has 0 aliphatic carbocycles. The van der Waals surface area contributed by atoms with Crippen molar-refractivity contribution in [2.75, 3.05) is 20.8 Å². The largest absolute Gasteiger partial charge is 0.493 e. The summed E-state index contributed by atoms with van der Waals surface area (Å²) in [5.41, 5.74) is 0.362. The predicted molar refractivity (Wildman–Crippen MR) is 74.3 cm³/mol. The first-order valence-electron chi connectivity index (χ1n) is 5.95. The Bertz CT molecular complexity index is 560. The van der Waals surface area contributed by atoms with E-state index in [0.29, 0.717) is 34.5 Å². The average Bonchev–Trinajstić information content (AvgIpc) is 2.35. The van der Waals surface area contributed by atoms with Crippen LogP contribution in [0.2, 0.25) is 0 Å². The number of hydrogen-bond acceptors (Lipinski definition) is 4. The second-order valence-electron chi connectivity index (χ2n) is 4.33. The lowest BCUT2D eigenvalue weighted by atomic mass is 10.0. The van der Waals surface area contributed by atoms with E-state index < -0.39 is 12.0 Å². The zero-order chi connectivity index (χ0) is 14.9. The van der Waals surface area contributed by atoms with E-state index in [0.717, 1.165) is 0 Å². The van der Waals surface area contributed by atoms with E-state index >= 15 is 0 Å². The van der Waals surface area contributed by atoms with Crippen molar-refractivity contribution in [2.24, 2.45) is 0 Å². The van der Waals surface area contributed by atoms with Crippen molar-refractivity contribution in [1.82, 2.24) is 4.90 Å². The van der Waals surface area contributed by atoms with Gasteiger partial charge in [0.15, 0.2) is 11.5 Å². The average molecular weight is 344 g/mol. The highest BCUT2D eigenvalue weighted by atomic mass is 79.9. The van der Waals surface area contributed by atoms with Crippen molar-refractivity contribution < 1.29 is 24.2 Å². The molecule has 0 saturated carbocycles. The number of methoxy groups -OCH3 is 2. The van der Waals surface area contributed by atoms with Crippen LogP contribution in [0.15, 0.2) is 16.6 Å². The van der Waals surface area contributed by atoms with E-state index in [1.165, 1.54) is 19.1 Å². The number of likely N-dealkylation sites (tertiary alicyclic amines) is 1. The van der Waals surface area contributed by atoms with Crippen LogP contribution in [0.1, 0.15) is 16.8 Å². The maximum Gasteiger partial charge on any atom is 0.326 e. The van der Waals surface area contributed by atoms with Crippen LogP contribution in [0, 0.1) is 0 Å². The third-order valence-electron chi connectivity index (χ3n) is 3.25. The SMILES string of the molecule is COc1cc(C(=O)N2CCC2C(=O)O)cc(Br)c1OC. The summed E-state index contributed by atoms with van der Waals surface area (Å²) in [5, 5.41) is 8.99. The van der Waals surface area contributed by atoms with E-state index in [2.05, 4.69) is 15.9 Å². The molecule has 1 saturated heterocycles. The summed E-state index contributed by atoms with van der Waals surface area (Å²) in [5.74, 6) is -0.408. The number of carbonyl (C=O) groups is 2. The Morgan fingerprint density at radius 1 is 1.35 bits per heavy atom. The fourth-order valence-electron chi connectivity index (χ4n) is 2.09. The summed E-state index contributed by atoms with van der Waals surface area (Å²) in [6.45, 7) is 0.446. The van der Waals surface area contributed by atoms with Crippen molar-refractivity contribution in [3.05, 3.63) is 22.2 Å².